The SMILES string of the molecule is COc1cc(/C=C/c2nc3n(n2)CCC[C@H]3C2CCN(C(=O)c3ccccc3)CC2)ccc1-n1cnc(C)c1. The molecule has 39 heavy (non-hydrogen) atoms. The number of ether oxygens (including phenoxy) is 1. The van der Waals surface area contributed by atoms with E-state index in [1.165, 1.54) is 0 Å². The molecule has 2 aliphatic heterocycles. The van der Waals surface area contributed by atoms with Gasteiger partial charge in [-0.25, -0.2) is 14.6 Å². The van der Waals surface area contributed by atoms with Crippen LogP contribution < -0.4 is 4.74 Å². The van der Waals surface area contributed by atoms with Gasteiger partial charge >= 0.3 is 0 Å². The summed E-state index contributed by atoms with van der Waals surface area (Å²) in [4.78, 5) is 24.2. The molecule has 2 aromatic carbocycles. The van der Waals surface area contributed by atoms with Gasteiger partial charge in [0.1, 0.15) is 11.6 Å². The van der Waals surface area contributed by atoms with Gasteiger partial charge in [-0.05, 0) is 74.4 Å². The first-order valence-electron chi connectivity index (χ1n) is 13.7. The summed E-state index contributed by atoms with van der Waals surface area (Å²) in [6.45, 7) is 4.47. The Labute approximate surface area is 229 Å². The first-order chi connectivity index (χ1) is 19.1. The molecule has 0 spiro atoms. The average molecular weight is 523 g/mol. The Kier molecular flexibility index (Phi) is 7.00. The number of aryl methyl sites for hydroxylation is 2. The van der Waals surface area contributed by atoms with Crippen molar-refractivity contribution in [2.45, 2.75) is 45.1 Å². The molecular formula is C31H34N6O2. The van der Waals surface area contributed by atoms with Crippen LogP contribution >= 0.6 is 0 Å². The van der Waals surface area contributed by atoms with Gasteiger partial charge in [-0.15, -0.1) is 0 Å². The number of likely N-dealkylation sites (tertiary alicyclic amines) is 1. The van der Waals surface area contributed by atoms with Crippen LogP contribution in [0.5, 0.6) is 5.75 Å². The molecule has 2 aliphatic rings. The van der Waals surface area contributed by atoms with E-state index in [1.807, 2.05) is 77.2 Å². The van der Waals surface area contributed by atoms with E-state index in [2.05, 4.69) is 15.7 Å². The number of nitrogens with zero attached hydrogens (tertiary/aromatic N) is 6. The topological polar surface area (TPSA) is 78.1 Å². The summed E-state index contributed by atoms with van der Waals surface area (Å²) in [6.07, 6.45) is 12.0. The number of carbonyl (C=O) groups is 1. The van der Waals surface area contributed by atoms with Crippen molar-refractivity contribution in [3.8, 4) is 11.4 Å². The van der Waals surface area contributed by atoms with Crippen LogP contribution in [0.15, 0.2) is 61.1 Å². The zero-order valence-electron chi connectivity index (χ0n) is 22.5. The molecule has 0 bridgehead atoms. The molecule has 0 saturated carbocycles. The van der Waals surface area contributed by atoms with Crippen molar-refractivity contribution in [3.05, 3.63) is 89.5 Å². The third-order valence-corrected chi connectivity index (χ3v) is 7.97. The van der Waals surface area contributed by atoms with E-state index in [0.717, 1.165) is 85.2 Å². The van der Waals surface area contributed by atoms with E-state index < -0.39 is 0 Å². The van der Waals surface area contributed by atoms with Crippen LogP contribution in [0.25, 0.3) is 17.8 Å². The van der Waals surface area contributed by atoms with E-state index >= 15 is 0 Å². The number of fused-ring (bicyclic) bond motifs is 1. The summed E-state index contributed by atoms with van der Waals surface area (Å²) in [6, 6.07) is 15.7. The maximum absolute atomic E-state index is 12.9. The number of aromatic nitrogens is 5. The van der Waals surface area contributed by atoms with E-state index in [9.17, 15) is 4.79 Å². The molecular weight excluding hydrogens is 488 g/mol. The fourth-order valence-electron chi connectivity index (χ4n) is 5.92. The molecule has 1 saturated heterocycles. The van der Waals surface area contributed by atoms with Crippen molar-refractivity contribution < 1.29 is 9.53 Å². The Balaban J connectivity index is 1.14. The molecule has 0 N–H and O–H groups in total. The molecule has 0 unspecified atom stereocenters. The number of hydrogen-bond acceptors (Lipinski definition) is 5. The van der Waals surface area contributed by atoms with Crippen molar-refractivity contribution in [1.82, 2.24) is 29.2 Å². The molecule has 1 atom stereocenters. The first-order valence-corrected chi connectivity index (χ1v) is 13.7. The highest BCUT2D eigenvalue weighted by molar-refractivity contribution is 5.94. The van der Waals surface area contributed by atoms with Crippen LogP contribution in [0.1, 0.15) is 64.9 Å². The van der Waals surface area contributed by atoms with Gasteiger partial charge in [-0.1, -0.05) is 30.3 Å². The van der Waals surface area contributed by atoms with Gasteiger partial charge in [0.15, 0.2) is 5.82 Å². The zero-order valence-corrected chi connectivity index (χ0v) is 22.5. The number of hydrogen-bond donors (Lipinski definition) is 0. The lowest BCUT2D eigenvalue weighted by atomic mass is 9.80. The van der Waals surface area contributed by atoms with Crippen molar-refractivity contribution in [3.63, 3.8) is 0 Å². The zero-order chi connectivity index (χ0) is 26.8. The Morgan fingerprint density at radius 1 is 1.03 bits per heavy atom. The van der Waals surface area contributed by atoms with Crippen LogP contribution in [-0.2, 0) is 6.54 Å². The summed E-state index contributed by atoms with van der Waals surface area (Å²) in [7, 11) is 1.68. The van der Waals surface area contributed by atoms with Crippen molar-refractivity contribution >= 4 is 18.1 Å². The second-order valence-electron chi connectivity index (χ2n) is 10.5. The summed E-state index contributed by atoms with van der Waals surface area (Å²) in [5.74, 6) is 3.66. The predicted octanol–water partition coefficient (Wildman–Crippen LogP) is 5.38. The smallest absolute Gasteiger partial charge is 0.253 e. The Hall–Kier alpha value is -4.20. The molecule has 0 aliphatic carbocycles. The number of rotatable bonds is 6. The highest BCUT2D eigenvalue weighted by atomic mass is 16.5. The molecule has 8 heteroatoms. The fourth-order valence-corrected chi connectivity index (χ4v) is 5.92. The van der Waals surface area contributed by atoms with Gasteiger partial charge in [-0.3, -0.25) is 4.79 Å². The molecule has 4 heterocycles. The van der Waals surface area contributed by atoms with Crippen molar-refractivity contribution in [1.29, 1.82) is 0 Å². The number of piperidine rings is 1. The Bertz CT molecular complexity index is 1480. The molecule has 200 valence electrons. The maximum atomic E-state index is 12.9. The number of amides is 1. The van der Waals surface area contributed by atoms with Gasteiger partial charge in [-0.2, -0.15) is 5.10 Å². The van der Waals surface area contributed by atoms with E-state index in [-0.39, 0.29) is 5.91 Å². The molecule has 6 rings (SSSR count). The number of methoxy groups -OCH3 is 1. The van der Waals surface area contributed by atoms with Crippen LogP contribution in [-0.4, -0.2) is 55.3 Å². The van der Waals surface area contributed by atoms with E-state index in [0.29, 0.717) is 11.8 Å². The number of benzene rings is 2. The Morgan fingerprint density at radius 2 is 1.85 bits per heavy atom. The minimum absolute atomic E-state index is 0.137. The molecule has 2 aromatic heterocycles. The number of carbonyl (C=O) groups excluding carboxylic acids is 1. The molecule has 1 fully saturated rings. The standard InChI is InChI=1S/C31H34N6O2/c1-22-20-36(21-32-22)27-12-10-23(19-28(27)39-2)11-13-29-33-30-26(9-6-16-37(30)34-29)24-14-17-35(18-15-24)31(38)25-7-4-3-5-8-25/h3-5,7-8,10-13,19-21,24,26H,6,9,14-18H2,1-2H3/b13-11+/t26-/m0/s1. The molecule has 8 nitrogen and oxygen atoms in total. The minimum Gasteiger partial charge on any atom is -0.495 e. The Morgan fingerprint density at radius 3 is 2.59 bits per heavy atom. The van der Waals surface area contributed by atoms with Gasteiger partial charge in [0.2, 0.25) is 0 Å². The van der Waals surface area contributed by atoms with Gasteiger partial charge in [0.25, 0.3) is 5.91 Å². The normalized spacial score (nSPS) is 17.9. The molecule has 1 amide bonds. The van der Waals surface area contributed by atoms with Crippen LogP contribution in [0.3, 0.4) is 0 Å². The van der Waals surface area contributed by atoms with Gasteiger partial charge < -0.3 is 14.2 Å². The summed E-state index contributed by atoms with van der Waals surface area (Å²) >= 11 is 0. The van der Waals surface area contributed by atoms with E-state index in [4.69, 9.17) is 14.8 Å². The van der Waals surface area contributed by atoms with Gasteiger partial charge in [0.05, 0.1) is 24.8 Å². The summed E-state index contributed by atoms with van der Waals surface area (Å²) < 4.78 is 9.72. The quantitative estimate of drug-likeness (QED) is 0.340. The lowest BCUT2D eigenvalue weighted by molar-refractivity contribution is 0.0669. The van der Waals surface area contributed by atoms with Crippen LogP contribution in [0, 0.1) is 12.8 Å². The monoisotopic (exact) mass is 522 g/mol. The highest BCUT2D eigenvalue weighted by Gasteiger charge is 2.34. The molecule has 0 radical (unpaired) electrons. The van der Waals surface area contributed by atoms with Gasteiger partial charge in [0, 0.05) is 37.3 Å². The van der Waals surface area contributed by atoms with Crippen LogP contribution in [0.4, 0.5) is 0 Å². The van der Waals surface area contributed by atoms with E-state index in [1.54, 1.807) is 13.4 Å². The average Bonchev–Trinajstić information content (AvgIpc) is 3.62. The predicted molar refractivity (Wildman–Crippen MR) is 151 cm³/mol. The third-order valence-electron chi connectivity index (χ3n) is 7.97. The highest BCUT2D eigenvalue weighted by Crippen LogP contribution is 2.38. The maximum Gasteiger partial charge on any atom is 0.253 e. The second kappa shape index (κ2) is 10.9. The largest absolute Gasteiger partial charge is 0.495 e. The fraction of sp³-hybridized carbons (Fsp3) is 0.355. The molecule has 4 aromatic rings. The third kappa shape index (κ3) is 5.24. The van der Waals surface area contributed by atoms with Crippen LogP contribution in [0.2, 0.25) is 0 Å². The van der Waals surface area contributed by atoms with Crippen molar-refractivity contribution in [2.75, 3.05) is 20.2 Å². The summed E-state index contributed by atoms with van der Waals surface area (Å²) in [5.41, 5.74) is 3.70. The lowest BCUT2D eigenvalue weighted by Crippen LogP contribution is -2.40. The number of imidazole rings is 1. The summed E-state index contributed by atoms with van der Waals surface area (Å²) in [5, 5.41) is 4.81. The van der Waals surface area contributed by atoms with Crippen molar-refractivity contribution in [2.24, 2.45) is 5.92 Å². The minimum atomic E-state index is 0.137. The second-order valence-corrected chi connectivity index (χ2v) is 10.5. The lowest BCUT2D eigenvalue weighted by Gasteiger charge is -2.37. The first kappa shape index (κ1) is 25.1.